The molecule has 0 aliphatic carbocycles. The zero-order valence-electron chi connectivity index (χ0n) is 12.9. The van der Waals surface area contributed by atoms with Gasteiger partial charge in [-0.05, 0) is 25.0 Å². The van der Waals surface area contributed by atoms with Crippen molar-refractivity contribution in [3.8, 4) is 0 Å². The number of anilines is 1. The number of benzene rings is 1. The molecule has 0 saturated carbocycles. The number of piperazine rings is 1. The highest BCUT2D eigenvalue weighted by Crippen LogP contribution is 2.19. The van der Waals surface area contributed by atoms with E-state index in [0.29, 0.717) is 13.1 Å². The van der Waals surface area contributed by atoms with Crippen molar-refractivity contribution in [2.45, 2.75) is 13.8 Å². The van der Waals surface area contributed by atoms with Crippen LogP contribution in [0.4, 0.5) is 5.69 Å². The van der Waals surface area contributed by atoms with Crippen molar-refractivity contribution in [2.75, 3.05) is 38.0 Å². The lowest BCUT2D eigenvalue weighted by atomic mass is 10.1. The van der Waals surface area contributed by atoms with Gasteiger partial charge in [-0.15, -0.1) is 0 Å². The van der Waals surface area contributed by atoms with Crippen LogP contribution in [0.2, 0.25) is 0 Å². The summed E-state index contributed by atoms with van der Waals surface area (Å²) in [5.41, 5.74) is 2.86. The van der Waals surface area contributed by atoms with Gasteiger partial charge in [0.1, 0.15) is 0 Å². The first-order chi connectivity index (χ1) is 9.40. The lowest BCUT2D eigenvalue weighted by Crippen LogP contribution is -2.46. The summed E-state index contributed by atoms with van der Waals surface area (Å²) in [7, 11) is 0. The van der Waals surface area contributed by atoms with E-state index in [1.165, 1.54) is 0 Å². The Bertz CT molecular complexity index is 485. The van der Waals surface area contributed by atoms with Crippen LogP contribution < -0.4 is 10.6 Å². The molecule has 1 heterocycles. The second kappa shape index (κ2) is 5.98. The number of nitrogens with zero attached hydrogens (tertiary/aromatic N) is 1. The molecule has 1 amide bonds. The molecule has 1 aromatic rings. The monoisotopic (exact) mass is 249 g/mol. The molecule has 0 bridgehead atoms. The van der Waals surface area contributed by atoms with Gasteiger partial charge in [0.2, 0.25) is 5.91 Å². The Morgan fingerprint density at radius 2 is 2.17 bits per heavy atom. The number of hydrogen-bond donors (Lipinski definition) is 2. The standard InChI is InChI=1S/C14H21N3O/c1-11-4-3-5-12(2)14(11)16-13(18)10-17-8-6-15-7-9-17/h3-5,15H,6-10H2,1-2H3,(H,16,18)/i8D2. The molecule has 2 rings (SSSR count). The van der Waals surface area contributed by atoms with Crippen molar-refractivity contribution in [3.05, 3.63) is 29.3 Å². The van der Waals surface area contributed by atoms with Crippen LogP contribution in [-0.2, 0) is 4.79 Å². The normalized spacial score (nSPS) is 21.0. The number of aryl methyl sites for hydroxylation is 2. The van der Waals surface area contributed by atoms with Crippen LogP contribution >= 0.6 is 0 Å². The highest BCUT2D eigenvalue weighted by atomic mass is 16.2. The molecule has 0 radical (unpaired) electrons. The summed E-state index contributed by atoms with van der Waals surface area (Å²) in [4.78, 5) is 13.7. The van der Waals surface area contributed by atoms with E-state index in [0.717, 1.165) is 16.8 Å². The molecule has 1 aromatic carbocycles. The van der Waals surface area contributed by atoms with Gasteiger partial charge in [-0.25, -0.2) is 0 Å². The molecule has 0 spiro atoms. The third-order valence-electron chi connectivity index (χ3n) is 3.07. The zero-order chi connectivity index (χ0) is 14.8. The van der Waals surface area contributed by atoms with Crippen molar-refractivity contribution in [2.24, 2.45) is 0 Å². The average Bonchev–Trinajstić information content (AvgIpc) is 2.36. The molecule has 1 aliphatic heterocycles. The van der Waals surface area contributed by atoms with Crippen LogP contribution in [-0.4, -0.2) is 43.5 Å². The number of amides is 1. The second-order valence-electron chi connectivity index (χ2n) is 4.57. The Balaban J connectivity index is 2.02. The number of para-hydroxylation sites is 1. The minimum absolute atomic E-state index is 0.0719. The van der Waals surface area contributed by atoms with Crippen LogP contribution in [0.1, 0.15) is 13.9 Å². The fourth-order valence-corrected chi connectivity index (χ4v) is 2.05. The summed E-state index contributed by atoms with van der Waals surface area (Å²) < 4.78 is 15.8. The van der Waals surface area contributed by atoms with Crippen LogP contribution in [0.3, 0.4) is 0 Å². The fraction of sp³-hybridized carbons (Fsp3) is 0.500. The predicted molar refractivity (Wildman–Crippen MR) is 73.9 cm³/mol. The largest absolute Gasteiger partial charge is 0.324 e. The minimum Gasteiger partial charge on any atom is -0.324 e. The molecule has 4 heteroatoms. The van der Waals surface area contributed by atoms with Crippen molar-refractivity contribution < 1.29 is 7.54 Å². The number of carbonyl (C=O) groups is 1. The molecular formula is C14H21N3O. The maximum Gasteiger partial charge on any atom is 0.238 e. The summed E-state index contributed by atoms with van der Waals surface area (Å²) in [5, 5.41) is 5.89. The van der Waals surface area contributed by atoms with Crippen LogP contribution in [0.25, 0.3) is 0 Å². The van der Waals surface area contributed by atoms with Gasteiger partial charge < -0.3 is 10.6 Å². The van der Waals surface area contributed by atoms with Gasteiger partial charge >= 0.3 is 0 Å². The first-order valence-electron chi connectivity index (χ1n) is 7.22. The lowest BCUT2D eigenvalue weighted by molar-refractivity contribution is -0.117. The molecule has 0 aromatic heterocycles. The Kier molecular flexibility index (Phi) is 3.50. The van der Waals surface area contributed by atoms with E-state index < -0.39 is 6.50 Å². The Labute approximate surface area is 111 Å². The molecule has 0 atom stereocenters. The highest BCUT2D eigenvalue weighted by Gasteiger charge is 2.14. The van der Waals surface area contributed by atoms with Crippen LogP contribution in [0.15, 0.2) is 18.2 Å². The summed E-state index contributed by atoms with van der Waals surface area (Å²) in [6.45, 7) is 3.99. The number of carbonyl (C=O) groups excluding carboxylic acids is 1. The van der Waals surface area contributed by atoms with Gasteiger partial charge in [-0.3, -0.25) is 9.69 Å². The fourth-order valence-electron chi connectivity index (χ4n) is 2.05. The summed E-state index contributed by atoms with van der Waals surface area (Å²) >= 11 is 0. The lowest BCUT2D eigenvalue weighted by Gasteiger charge is -2.26. The van der Waals surface area contributed by atoms with E-state index >= 15 is 0 Å². The maximum absolute atomic E-state index is 12.1. The SMILES string of the molecule is [2H]C1([2H])CNCCN1CC(=O)Nc1c(C)cccc1C. The van der Waals surface area contributed by atoms with Crippen molar-refractivity contribution in [1.82, 2.24) is 10.2 Å². The quantitative estimate of drug-likeness (QED) is 0.844. The van der Waals surface area contributed by atoms with E-state index in [2.05, 4.69) is 10.6 Å². The third-order valence-corrected chi connectivity index (χ3v) is 3.07. The number of rotatable bonds is 3. The first kappa shape index (κ1) is 10.5. The number of hydrogen-bond acceptors (Lipinski definition) is 3. The Morgan fingerprint density at radius 3 is 2.83 bits per heavy atom. The molecule has 0 unspecified atom stereocenters. The summed E-state index contributed by atoms with van der Waals surface area (Å²) in [6, 6.07) is 5.86. The van der Waals surface area contributed by atoms with E-state index in [4.69, 9.17) is 2.74 Å². The van der Waals surface area contributed by atoms with Crippen LogP contribution in [0, 0.1) is 13.8 Å². The van der Waals surface area contributed by atoms with Gasteiger partial charge in [0, 0.05) is 34.6 Å². The molecule has 2 N–H and O–H groups in total. The Morgan fingerprint density at radius 1 is 1.44 bits per heavy atom. The average molecular weight is 249 g/mol. The minimum atomic E-state index is -1.48. The van der Waals surface area contributed by atoms with Crippen molar-refractivity contribution >= 4 is 11.6 Å². The van der Waals surface area contributed by atoms with E-state index in [1.54, 1.807) is 4.90 Å². The molecule has 1 saturated heterocycles. The molecule has 1 aliphatic rings. The van der Waals surface area contributed by atoms with E-state index in [1.807, 2.05) is 32.0 Å². The van der Waals surface area contributed by atoms with E-state index in [-0.39, 0.29) is 19.0 Å². The van der Waals surface area contributed by atoms with E-state index in [9.17, 15) is 4.79 Å². The molecule has 4 nitrogen and oxygen atoms in total. The predicted octanol–water partition coefficient (Wildman–Crippen LogP) is 1.15. The summed E-state index contributed by atoms with van der Waals surface area (Å²) in [5.74, 6) is -0.173. The van der Waals surface area contributed by atoms with Crippen molar-refractivity contribution in [1.29, 1.82) is 0 Å². The topological polar surface area (TPSA) is 44.4 Å². The first-order valence-corrected chi connectivity index (χ1v) is 6.22. The smallest absolute Gasteiger partial charge is 0.238 e. The molecular weight excluding hydrogens is 226 g/mol. The second-order valence-corrected chi connectivity index (χ2v) is 4.57. The molecule has 98 valence electrons. The highest BCUT2D eigenvalue weighted by molar-refractivity contribution is 5.93. The summed E-state index contributed by atoms with van der Waals surface area (Å²) in [6.07, 6.45) is 0. The zero-order valence-corrected chi connectivity index (χ0v) is 10.9. The van der Waals surface area contributed by atoms with Gasteiger partial charge in [0.15, 0.2) is 0 Å². The van der Waals surface area contributed by atoms with Crippen molar-refractivity contribution in [3.63, 3.8) is 0 Å². The van der Waals surface area contributed by atoms with Gasteiger partial charge in [0.05, 0.1) is 6.54 Å². The molecule has 1 fully saturated rings. The van der Waals surface area contributed by atoms with Gasteiger partial charge in [0.25, 0.3) is 0 Å². The number of nitrogens with one attached hydrogen (secondary N) is 2. The maximum atomic E-state index is 12.1. The van der Waals surface area contributed by atoms with Crippen LogP contribution in [0.5, 0.6) is 0 Å². The third kappa shape index (κ3) is 3.31. The van der Waals surface area contributed by atoms with Gasteiger partial charge in [-0.2, -0.15) is 0 Å². The van der Waals surface area contributed by atoms with Gasteiger partial charge in [-0.1, -0.05) is 18.2 Å². The Hall–Kier alpha value is -1.39. The molecule has 18 heavy (non-hydrogen) atoms.